The number of benzene rings is 1. The zero-order chi connectivity index (χ0) is 16.8. The Morgan fingerprint density at radius 3 is 3.00 bits per heavy atom. The summed E-state index contributed by atoms with van der Waals surface area (Å²) in [6.45, 7) is 2.01. The number of nitrogens with one attached hydrogen (secondary N) is 1. The molecule has 2 aromatic rings. The quantitative estimate of drug-likeness (QED) is 0.838. The van der Waals surface area contributed by atoms with Crippen LogP contribution in [0.5, 0.6) is 0 Å². The highest BCUT2D eigenvalue weighted by molar-refractivity contribution is 7.80. The highest BCUT2D eigenvalue weighted by atomic mass is 32.1. The van der Waals surface area contributed by atoms with E-state index in [2.05, 4.69) is 10.3 Å². The number of hydrogen-bond acceptors (Lipinski definition) is 3. The number of pyridine rings is 1. The number of nitrogens with zero attached hydrogens (tertiary/aromatic N) is 2. The largest absolute Gasteiger partial charge is 0.376 e. The van der Waals surface area contributed by atoms with Gasteiger partial charge in [-0.05, 0) is 54.9 Å². The van der Waals surface area contributed by atoms with Gasteiger partial charge < -0.3 is 15.0 Å². The molecule has 1 aliphatic rings. The van der Waals surface area contributed by atoms with Gasteiger partial charge in [-0.3, -0.25) is 4.98 Å². The van der Waals surface area contributed by atoms with Crippen molar-refractivity contribution in [2.45, 2.75) is 25.5 Å². The molecule has 1 saturated heterocycles. The standard InChI is InChI=1S/C18H20FN3OS/c19-15-5-1-4-14(10-15)12-22(13-17-7-3-9-23-17)18(24)21-16-6-2-8-20-11-16/h1-2,4-6,8,10-11,17H,3,7,9,12-13H2,(H,21,24). The summed E-state index contributed by atoms with van der Waals surface area (Å²) in [5.74, 6) is -0.240. The van der Waals surface area contributed by atoms with E-state index < -0.39 is 0 Å². The van der Waals surface area contributed by atoms with Gasteiger partial charge in [0, 0.05) is 25.9 Å². The summed E-state index contributed by atoms with van der Waals surface area (Å²) in [5, 5.41) is 3.78. The molecule has 0 aliphatic carbocycles. The Labute approximate surface area is 146 Å². The van der Waals surface area contributed by atoms with Crippen LogP contribution in [0.3, 0.4) is 0 Å². The molecule has 1 atom stereocenters. The molecule has 4 nitrogen and oxygen atoms in total. The van der Waals surface area contributed by atoms with Gasteiger partial charge in [-0.15, -0.1) is 0 Å². The van der Waals surface area contributed by atoms with E-state index in [0.717, 1.165) is 30.7 Å². The van der Waals surface area contributed by atoms with Gasteiger partial charge in [0.2, 0.25) is 0 Å². The fourth-order valence-corrected chi connectivity index (χ4v) is 3.01. The Morgan fingerprint density at radius 1 is 1.38 bits per heavy atom. The zero-order valence-electron chi connectivity index (χ0n) is 13.3. The van der Waals surface area contributed by atoms with E-state index in [1.165, 1.54) is 12.1 Å². The van der Waals surface area contributed by atoms with Crippen molar-refractivity contribution in [3.8, 4) is 0 Å². The summed E-state index contributed by atoms with van der Waals surface area (Å²) in [5.41, 5.74) is 1.71. The van der Waals surface area contributed by atoms with Crippen LogP contribution in [0.2, 0.25) is 0 Å². The Balaban J connectivity index is 1.71. The van der Waals surface area contributed by atoms with E-state index in [0.29, 0.717) is 18.2 Å². The number of halogens is 1. The molecule has 1 unspecified atom stereocenters. The predicted molar refractivity (Wildman–Crippen MR) is 96.2 cm³/mol. The molecule has 6 heteroatoms. The Hall–Kier alpha value is -2.05. The average molecular weight is 345 g/mol. The minimum absolute atomic E-state index is 0.159. The zero-order valence-corrected chi connectivity index (χ0v) is 14.1. The Morgan fingerprint density at radius 2 is 2.29 bits per heavy atom. The van der Waals surface area contributed by atoms with E-state index in [1.54, 1.807) is 18.5 Å². The van der Waals surface area contributed by atoms with Gasteiger partial charge in [-0.2, -0.15) is 0 Å². The highest BCUT2D eigenvalue weighted by Crippen LogP contribution is 2.17. The van der Waals surface area contributed by atoms with Crippen molar-refractivity contribution in [3.05, 3.63) is 60.2 Å². The Kier molecular flexibility index (Phi) is 5.72. The maximum Gasteiger partial charge on any atom is 0.173 e. The average Bonchev–Trinajstić information content (AvgIpc) is 3.08. The van der Waals surface area contributed by atoms with E-state index in [1.807, 2.05) is 23.1 Å². The second-order valence-corrected chi connectivity index (χ2v) is 6.20. The summed E-state index contributed by atoms with van der Waals surface area (Å²) < 4.78 is 19.2. The summed E-state index contributed by atoms with van der Waals surface area (Å²) in [6.07, 6.45) is 5.69. The van der Waals surface area contributed by atoms with Crippen LogP contribution in [0, 0.1) is 5.82 Å². The van der Waals surface area contributed by atoms with Gasteiger partial charge in [-0.1, -0.05) is 12.1 Å². The predicted octanol–water partition coefficient (Wildman–Crippen LogP) is 3.60. The van der Waals surface area contributed by atoms with Gasteiger partial charge in [0.1, 0.15) is 5.82 Å². The van der Waals surface area contributed by atoms with Crippen molar-refractivity contribution >= 4 is 23.0 Å². The molecular weight excluding hydrogens is 325 g/mol. The minimum atomic E-state index is -0.240. The molecule has 3 rings (SSSR count). The van der Waals surface area contributed by atoms with Gasteiger partial charge >= 0.3 is 0 Å². The first-order valence-corrected chi connectivity index (χ1v) is 8.43. The van der Waals surface area contributed by atoms with Crippen molar-refractivity contribution in [2.24, 2.45) is 0 Å². The number of aromatic nitrogens is 1. The molecular formula is C18H20FN3OS. The third-order valence-electron chi connectivity index (χ3n) is 3.91. The van der Waals surface area contributed by atoms with Crippen molar-refractivity contribution in [3.63, 3.8) is 0 Å². The summed E-state index contributed by atoms with van der Waals surface area (Å²) >= 11 is 5.56. The lowest BCUT2D eigenvalue weighted by molar-refractivity contribution is 0.0905. The van der Waals surface area contributed by atoms with E-state index in [4.69, 9.17) is 17.0 Å². The van der Waals surface area contributed by atoms with E-state index >= 15 is 0 Å². The number of ether oxygens (including phenoxy) is 1. The normalized spacial score (nSPS) is 16.8. The third-order valence-corrected chi connectivity index (χ3v) is 4.27. The van der Waals surface area contributed by atoms with Gasteiger partial charge in [0.15, 0.2) is 5.11 Å². The van der Waals surface area contributed by atoms with Crippen LogP contribution in [-0.4, -0.2) is 34.3 Å². The molecule has 2 heterocycles. The molecule has 1 aromatic carbocycles. The molecule has 1 N–H and O–H groups in total. The maximum atomic E-state index is 13.5. The third kappa shape index (κ3) is 4.72. The van der Waals surface area contributed by atoms with Crippen molar-refractivity contribution in [1.82, 2.24) is 9.88 Å². The summed E-state index contributed by atoms with van der Waals surface area (Å²) in [7, 11) is 0. The number of rotatable bonds is 5. The number of thiocarbonyl (C=S) groups is 1. The summed E-state index contributed by atoms with van der Waals surface area (Å²) in [6, 6.07) is 10.4. The SMILES string of the molecule is Fc1cccc(CN(CC2CCCO2)C(=S)Nc2cccnc2)c1. The first-order chi connectivity index (χ1) is 11.7. The fourth-order valence-electron chi connectivity index (χ4n) is 2.75. The van der Waals surface area contributed by atoms with Gasteiger partial charge in [0.25, 0.3) is 0 Å². The fraction of sp³-hybridized carbons (Fsp3) is 0.333. The molecule has 0 saturated carbocycles. The smallest absolute Gasteiger partial charge is 0.173 e. The molecule has 1 aromatic heterocycles. The van der Waals surface area contributed by atoms with Crippen LogP contribution in [0.1, 0.15) is 18.4 Å². The lowest BCUT2D eigenvalue weighted by Crippen LogP contribution is -2.39. The number of hydrogen-bond donors (Lipinski definition) is 1. The molecule has 0 bridgehead atoms. The van der Waals surface area contributed by atoms with Crippen LogP contribution in [-0.2, 0) is 11.3 Å². The molecule has 1 aliphatic heterocycles. The molecule has 1 fully saturated rings. The van der Waals surface area contributed by atoms with Crippen molar-refractivity contribution in [1.29, 1.82) is 0 Å². The molecule has 0 radical (unpaired) electrons. The molecule has 0 spiro atoms. The maximum absolute atomic E-state index is 13.5. The Bertz CT molecular complexity index is 677. The van der Waals surface area contributed by atoms with Gasteiger partial charge in [0.05, 0.1) is 18.0 Å². The van der Waals surface area contributed by atoms with Crippen LogP contribution in [0.25, 0.3) is 0 Å². The monoisotopic (exact) mass is 345 g/mol. The first-order valence-electron chi connectivity index (χ1n) is 8.03. The minimum Gasteiger partial charge on any atom is -0.376 e. The summed E-state index contributed by atoms with van der Waals surface area (Å²) in [4.78, 5) is 6.10. The topological polar surface area (TPSA) is 37.4 Å². The van der Waals surface area contributed by atoms with Crippen LogP contribution in [0.4, 0.5) is 10.1 Å². The first kappa shape index (κ1) is 16.8. The number of anilines is 1. The second kappa shape index (κ2) is 8.17. The van der Waals surface area contributed by atoms with Gasteiger partial charge in [-0.25, -0.2) is 4.39 Å². The van der Waals surface area contributed by atoms with Crippen LogP contribution < -0.4 is 5.32 Å². The molecule has 126 valence electrons. The second-order valence-electron chi connectivity index (χ2n) is 5.82. The van der Waals surface area contributed by atoms with Crippen molar-refractivity contribution < 1.29 is 9.13 Å². The lowest BCUT2D eigenvalue weighted by Gasteiger charge is -2.28. The lowest BCUT2D eigenvalue weighted by atomic mass is 10.2. The van der Waals surface area contributed by atoms with E-state index in [9.17, 15) is 4.39 Å². The van der Waals surface area contributed by atoms with Crippen LogP contribution >= 0.6 is 12.2 Å². The van der Waals surface area contributed by atoms with E-state index in [-0.39, 0.29) is 11.9 Å². The molecule has 24 heavy (non-hydrogen) atoms. The molecule has 0 amide bonds. The van der Waals surface area contributed by atoms with Crippen LogP contribution in [0.15, 0.2) is 48.8 Å². The highest BCUT2D eigenvalue weighted by Gasteiger charge is 2.21. The van der Waals surface area contributed by atoms with Crippen molar-refractivity contribution in [2.75, 3.05) is 18.5 Å².